The van der Waals surface area contributed by atoms with Gasteiger partial charge in [-0.05, 0) is 85.5 Å². The van der Waals surface area contributed by atoms with E-state index in [0.717, 1.165) is 33.7 Å². The number of anilines is 2. The molecule has 32 heavy (non-hydrogen) atoms. The SMILES string of the molecule is CCc1ccc(N2C(=O)C(Nc3cc(C)cc(C)c3)=C(Sc3ccc(Cl)cc3)C2=O)cc1. The van der Waals surface area contributed by atoms with E-state index >= 15 is 0 Å². The largest absolute Gasteiger partial charge is 0.350 e. The van der Waals surface area contributed by atoms with E-state index in [-0.39, 0.29) is 17.5 Å². The summed E-state index contributed by atoms with van der Waals surface area (Å²) in [6.07, 6.45) is 0.887. The van der Waals surface area contributed by atoms with E-state index in [9.17, 15) is 9.59 Å². The number of benzene rings is 3. The maximum atomic E-state index is 13.5. The predicted molar refractivity (Wildman–Crippen MR) is 132 cm³/mol. The van der Waals surface area contributed by atoms with Crippen molar-refractivity contribution in [2.24, 2.45) is 0 Å². The molecule has 0 saturated heterocycles. The zero-order valence-corrected chi connectivity index (χ0v) is 19.7. The Hall–Kier alpha value is -3.02. The molecule has 1 aliphatic rings. The summed E-state index contributed by atoms with van der Waals surface area (Å²) in [7, 11) is 0. The van der Waals surface area contributed by atoms with Crippen molar-refractivity contribution in [2.75, 3.05) is 10.2 Å². The van der Waals surface area contributed by atoms with E-state index in [2.05, 4.69) is 18.3 Å². The summed E-state index contributed by atoms with van der Waals surface area (Å²) >= 11 is 7.27. The minimum absolute atomic E-state index is 0.277. The Labute approximate surface area is 197 Å². The molecule has 0 bridgehead atoms. The Bertz CT molecular complexity index is 1200. The van der Waals surface area contributed by atoms with Crippen LogP contribution in [0.25, 0.3) is 0 Å². The third-order valence-corrected chi connectivity index (χ3v) is 6.51. The van der Waals surface area contributed by atoms with Gasteiger partial charge in [-0.3, -0.25) is 9.59 Å². The molecule has 162 valence electrons. The summed E-state index contributed by atoms with van der Waals surface area (Å²) in [5.41, 5.74) is 4.90. The molecule has 4 nitrogen and oxygen atoms in total. The van der Waals surface area contributed by atoms with Crippen molar-refractivity contribution in [3.8, 4) is 0 Å². The van der Waals surface area contributed by atoms with E-state index in [0.29, 0.717) is 15.6 Å². The van der Waals surface area contributed by atoms with E-state index in [4.69, 9.17) is 11.6 Å². The standard InChI is InChI=1S/C26H23ClN2O2S/c1-4-18-5-9-21(10-6-18)29-25(30)23(28-20-14-16(2)13-17(3)15-20)24(26(29)31)32-22-11-7-19(27)8-12-22/h5-15,28H,4H2,1-3H3. The fraction of sp³-hybridized carbons (Fsp3) is 0.154. The lowest BCUT2D eigenvalue weighted by molar-refractivity contribution is -0.120. The van der Waals surface area contributed by atoms with Crippen LogP contribution in [0, 0.1) is 13.8 Å². The second kappa shape index (κ2) is 9.23. The first-order chi connectivity index (χ1) is 15.4. The molecule has 1 aliphatic heterocycles. The van der Waals surface area contributed by atoms with Gasteiger partial charge in [-0.2, -0.15) is 0 Å². The molecule has 2 amide bonds. The highest BCUT2D eigenvalue weighted by molar-refractivity contribution is 8.04. The maximum Gasteiger partial charge on any atom is 0.283 e. The zero-order chi connectivity index (χ0) is 22.8. The lowest BCUT2D eigenvalue weighted by atomic mass is 10.1. The molecule has 0 unspecified atom stereocenters. The van der Waals surface area contributed by atoms with Crippen molar-refractivity contribution in [1.29, 1.82) is 0 Å². The molecule has 0 radical (unpaired) electrons. The first-order valence-electron chi connectivity index (χ1n) is 10.4. The Morgan fingerprint density at radius 3 is 2.09 bits per heavy atom. The smallest absolute Gasteiger partial charge is 0.283 e. The average Bonchev–Trinajstić information content (AvgIpc) is 2.98. The van der Waals surface area contributed by atoms with E-state index in [1.807, 2.05) is 62.4 Å². The molecule has 0 spiro atoms. The van der Waals surface area contributed by atoms with Crippen LogP contribution >= 0.6 is 23.4 Å². The molecule has 0 atom stereocenters. The second-order valence-electron chi connectivity index (χ2n) is 7.73. The topological polar surface area (TPSA) is 49.4 Å². The number of nitrogens with zero attached hydrogens (tertiary/aromatic N) is 1. The highest BCUT2D eigenvalue weighted by atomic mass is 35.5. The summed E-state index contributed by atoms with van der Waals surface area (Å²) in [6, 6.07) is 20.7. The molecule has 0 saturated carbocycles. The van der Waals surface area contributed by atoms with Crippen LogP contribution in [0.5, 0.6) is 0 Å². The van der Waals surface area contributed by atoms with Crippen LogP contribution in [-0.4, -0.2) is 11.8 Å². The normalized spacial score (nSPS) is 13.8. The maximum absolute atomic E-state index is 13.5. The third kappa shape index (κ3) is 4.59. The van der Waals surface area contributed by atoms with Crippen molar-refractivity contribution < 1.29 is 9.59 Å². The lowest BCUT2D eigenvalue weighted by Gasteiger charge is -2.16. The molecular formula is C26H23ClN2O2S. The molecule has 0 aromatic heterocycles. The van der Waals surface area contributed by atoms with Gasteiger partial charge >= 0.3 is 0 Å². The Kier molecular flexibility index (Phi) is 6.40. The van der Waals surface area contributed by atoms with Crippen LogP contribution in [0.1, 0.15) is 23.6 Å². The average molecular weight is 463 g/mol. The summed E-state index contributed by atoms with van der Waals surface area (Å²) in [5, 5.41) is 3.84. The summed E-state index contributed by atoms with van der Waals surface area (Å²) in [6.45, 7) is 6.06. The number of thioether (sulfide) groups is 1. The highest BCUT2D eigenvalue weighted by Gasteiger charge is 2.40. The van der Waals surface area contributed by atoms with Crippen LogP contribution in [0.15, 0.2) is 82.2 Å². The van der Waals surface area contributed by atoms with Crippen LogP contribution in [0.4, 0.5) is 11.4 Å². The van der Waals surface area contributed by atoms with E-state index in [1.165, 1.54) is 16.7 Å². The number of imide groups is 1. The molecule has 6 heteroatoms. The van der Waals surface area contributed by atoms with Crippen LogP contribution in [0.2, 0.25) is 5.02 Å². The molecule has 0 aliphatic carbocycles. The van der Waals surface area contributed by atoms with Gasteiger partial charge < -0.3 is 5.32 Å². The molecule has 0 fully saturated rings. The minimum atomic E-state index is -0.366. The van der Waals surface area contributed by atoms with Crippen molar-refractivity contribution >= 4 is 46.6 Å². The highest BCUT2D eigenvalue weighted by Crippen LogP contribution is 2.38. The summed E-state index contributed by atoms with van der Waals surface area (Å²) in [4.78, 5) is 29.3. The number of carbonyl (C=O) groups excluding carboxylic acids is 2. The minimum Gasteiger partial charge on any atom is -0.350 e. The Morgan fingerprint density at radius 2 is 1.50 bits per heavy atom. The van der Waals surface area contributed by atoms with Crippen LogP contribution < -0.4 is 10.2 Å². The first-order valence-corrected chi connectivity index (χ1v) is 11.6. The van der Waals surface area contributed by atoms with Gasteiger partial charge in [0.1, 0.15) is 10.6 Å². The van der Waals surface area contributed by atoms with Gasteiger partial charge in [0.05, 0.1) is 5.69 Å². The summed E-state index contributed by atoms with van der Waals surface area (Å²) < 4.78 is 0. The molecular weight excluding hydrogens is 440 g/mol. The number of hydrogen-bond acceptors (Lipinski definition) is 4. The van der Waals surface area contributed by atoms with Gasteiger partial charge in [0.25, 0.3) is 11.8 Å². The molecule has 3 aromatic rings. The van der Waals surface area contributed by atoms with Gasteiger partial charge in [0.15, 0.2) is 0 Å². The van der Waals surface area contributed by atoms with E-state index < -0.39 is 0 Å². The van der Waals surface area contributed by atoms with Gasteiger partial charge in [0, 0.05) is 15.6 Å². The number of carbonyl (C=O) groups is 2. The number of hydrogen-bond donors (Lipinski definition) is 1. The number of aryl methyl sites for hydroxylation is 3. The van der Waals surface area contributed by atoms with Gasteiger partial charge in [-0.1, -0.05) is 48.5 Å². The molecule has 1 N–H and O–H groups in total. The molecule has 1 heterocycles. The number of nitrogens with one attached hydrogen (secondary N) is 1. The van der Waals surface area contributed by atoms with Crippen molar-refractivity contribution in [2.45, 2.75) is 32.1 Å². The summed E-state index contributed by atoms with van der Waals surface area (Å²) in [5.74, 6) is -0.707. The van der Waals surface area contributed by atoms with Crippen molar-refractivity contribution in [1.82, 2.24) is 0 Å². The van der Waals surface area contributed by atoms with Gasteiger partial charge in [-0.25, -0.2) is 4.90 Å². The third-order valence-electron chi connectivity index (χ3n) is 5.17. The lowest BCUT2D eigenvalue weighted by Crippen LogP contribution is -2.32. The van der Waals surface area contributed by atoms with Crippen LogP contribution in [-0.2, 0) is 16.0 Å². The van der Waals surface area contributed by atoms with Crippen molar-refractivity contribution in [3.63, 3.8) is 0 Å². The first kappa shape index (κ1) is 22.2. The van der Waals surface area contributed by atoms with Crippen molar-refractivity contribution in [3.05, 3.63) is 99.0 Å². The van der Waals surface area contributed by atoms with Gasteiger partial charge in [0.2, 0.25) is 0 Å². The van der Waals surface area contributed by atoms with E-state index in [1.54, 1.807) is 12.1 Å². The zero-order valence-electron chi connectivity index (χ0n) is 18.1. The fourth-order valence-corrected chi connectivity index (χ4v) is 4.69. The second-order valence-corrected chi connectivity index (χ2v) is 9.25. The molecule has 4 rings (SSSR count). The fourth-order valence-electron chi connectivity index (χ4n) is 3.64. The predicted octanol–water partition coefficient (Wildman–Crippen LogP) is 6.51. The quantitative estimate of drug-likeness (QED) is 0.424. The Morgan fingerprint density at radius 1 is 0.875 bits per heavy atom. The molecule has 3 aromatic carbocycles. The number of halogens is 1. The van der Waals surface area contributed by atoms with Crippen LogP contribution in [0.3, 0.4) is 0 Å². The number of rotatable bonds is 6. The van der Waals surface area contributed by atoms with Gasteiger partial charge in [-0.15, -0.1) is 0 Å². The Balaban J connectivity index is 1.74. The monoisotopic (exact) mass is 462 g/mol. The number of amides is 2.